The summed E-state index contributed by atoms with van der Waals surface area (Å²) in [7, 11) is -4.95. The second-order valence-corrected chi connectivity index (χ2v) is 11.7. The summed E-state index contributed by atoms with van der Waals surface area (Å²) in [6, 6.07) is -1.28. The third-order valence-corrected chi connectivity index (χ3v) is 8.24. The second-order valence-electron chi connectivity index (χ2n) is 9.92. The first-order valence-corrected chi connectivity index (χ1v) is 15.8. The molecule has 0 N–H and O–H groups in total. The summed E-state index contributed by atoms with van der Waals surface area (Å²) in [5.41, 5.74) is 1.57. The molecule has 0 aliphatic carbocycles. The molecule has 2 saturated heterocycles. The molecular formula is C24H45N5O5S2. The molecule has 2 fully saturated rings. The molecule has 3 heterocycles. The molecule has 3 rings (SSSR count). The van der Waals surface area contributed by atoms with Crippen molar-refractivity contribution in [2.75, 3.05) is 32.7 Å². The molecule has 0 spiro atoms. The number of quaternary nitrogens is 1. The molecule has 0 radical (unpaired) electrons. The Morgan fingerprint density at radius 1 is 1.00 bits per heavy atom. The van der Waals surface area contributed by atoms with E-state index in [1.165, 1.54) is 98.3 Å². The molecule has 2 aliphatic heterocycles. The highest BCUT2D eigenvalue weighted by molar-refractivity contribution is 7.80. The zero-order valence-corrected chi connectivity index (χ0v) is 24.1. The fraction of sp³-hybridized carbons (Fsp3) is 0.875. The van der Waals surface area contributed by atoms with Crippen LogP contribution in [0, 0.1) is 0 Å². The van der Waals surface area contributed by atoms with Crippen LogP contribution < -0.4 is 0 Å². The van der Waals surface area contributed by atoms with Crippen molar-refractivity contribution in [3.63, 3.8) is 0 Å². The lowest BCUT2D eigenvalue weighted by Gasteiger charge is -2.39. The lowest BCUT2D eigenvalue weighted by molar-refractivity contribution is -0.929. The Kier molecular flexibility index (Phi) is 13.0. The van der Waals surface area contributed by atoms with Gasteiger partial charge in [0.25, 0.3) is 0 Å². The number of fused-ring (bicyclic) bond motifs is 2. The minimum absolute atomic E-state index is 0.237. The van der Waals surface area contributed by atoms with Crippen LogP contribution in [-0.2, 0) is 14.7 Å². The van der Waals surface area contributed by atoms with Gasteiger partial charge in [-0.2, -0.15) is 9.35 Å². The molecule has 0 unspecified atom stereocenters. The van der Waals surface area contributed by atoms with E-state index in [9.17, 15) is 17.8 Å². The standard InChI is InChI=1S/C16H36N.C8H10N4O5S2/c1-5-9-13-17(14-10-6-2,15-11-7-3)16-12-8-4;13-8-11-3-5(12(8)17-19(14,15)16)1-2-6(11)7-10-9-4-18-7/h5-16H2,1-4H3;4-6H,1-3H2,(H,14,15,16)/q+1;/p-1/t;5-,6+/m.1/s1. The summed E-state index contributed by atoms with van der Waals surface area (Å²) in [6.45, 7) is 15.3. The molecule has 10 nitrogen and oxygen atoms in total. The highest BCUT2D eigenvalue weighted by atomic mass is 32.3. The Morgan fingerprint density at radius 3 is 1.94 bits per heavy atom. The smallest absolute Gasteiger partial charge is 0.346 e. The van der Waals surface area contributed by atoms with Gasteiger partial charge in [-0.25, -0.2) is 13.2 Å². The monoisotopic (exact) mass is 547 g/mol. The fourth-order valence-electron chi connectivity index (χ4n) is 5.06. The highest BCUT2D eigenvalue weighted by Gasteiger charge is 2.47. The predicted octanol–water partition coefficient (Wildman–Crippen LogP) is 4.87. The van der Waals surface area contributed by atoms with Crippen molar-refractivity contribution < 1.29 is 26.5 Å². The normalized spacial score (nSPS) is 20.0. The van der Waals surface area contributed by atoms with Crippen LogP contribution in [0.3, 0.4) is 0 Å². The summed E-state index contributed by atoms with van der Waals surface area (Å²) in [5.74, 6) is 0. The van der Waals surface area contributed by atoms with E-state index in [4.69, 9.17) is 0 Å². The van der Waals surface area contributed by atoms with Gasteiger partial charge in [-0.3, -0.25) is 0 Å². The maximum Gasteiger partial charge on any atom is 0.346 e. The number of carbonyl (C=O) groups is 1. The van der Waals surface area contributed by atoms with E-state index in [-0.39, 0.29) is 6.04 Å². The van der Waals surface area contributed by atoms with Crippen LogP contribution in [0.5, 0.6) is 0 Å². The van der Waals surface area contributed by atoms with E-state index in [1.54, 1.807) is 5.51 Å². The number of nitrogens with zero attached hydrogens (tertiary/aromatic N) is 5. The molecule has 36 heavy (non-hydrogen) atoms. The number of aromatic nitrogens is 2. The van der Waals surface area contributed by atoms with E-state index < -0.39 is 22.5 Å². The highest BCUT2D eigenvalue weighted by Crippen LogP contribution is 2.38. The first-order valence-electron chi connectivity index (χ1n) is 13.6. The van der Waals surface area contributed by atoms with Gasteiger partial charge in [0.1, 0.15) is 10.5 Å². The summed E-state index contributed by atoms with van der Waals surface area (Å²) < 4.78 is 37.5. The van der Waals surface area contributed by atoms with Crippen molar-refractivity contribution >= 4 is 27.8 Å². The summed E-state index contributed by atoms with van der Waals surface area (Å²) >= 11 is 1.33. The lowest BCUT2D eigenvalue weighted by atomic mass is 10.0. The molecule has 1 aromatic heterocycles. The Labute approximate surface area is 221 Å². The van der Waals surface area contributed by atoms with Crippen molar-refractivity contribution in [3.05, 3.63) is 10.5 Å². The molecule has 2 amide bonds. The number of rotatable bonds is 15. The van der Waals surface area contributed by atoms with Gasteiger partial charge in [0.15, 0.2) is 0 Å². The van der Waals surface area contributed by atoms with Crippen LogP contribution in [-0.4, -0.2) is 82.4 Å². The van der Waals surface area contributed by atoms with Crippen LogP contribution >= 0.6 is 11.3 Å². The van der Waals surface area contributed by atoms with Crippen LogP contribution in [0.25, 0.3) is 0 Å². The van der Waals surface area contributed by atoms with Crippen LogP contribution in [0.4, 0.5) is 4.79 Å². The van der Waals surface area contributed by atoms with Crippen molar-refractivity contribution in [2.24, 2.45) is 0 Å². The zero-order chi connectivity index (χ0) is 26.6. The number of urea groups is 1. The Hall–Kier alpha value is -1.34. The minimum atomic E-state index is -4.95. The summed E-state index contributed by atoms with van der Waals surface area (Å²) in [4.78, 5) is 13.5. The van der Waals surface area contributed by atoms with Gasteiger partial charge in [0.05, 0.1) is 38.3 Å². The number of amides is 2. The SMILES string of the molecule is CCCC[N+](CCCC)(CCCC)CCCC.O=C1N2C[C@@H](CC[C@H]2c2nncs2)N1OS(=O)(=O)[O-]. The van der Waals surface area contributed by atoms with Crippen molar-refractivity contribution in [2.45, 2.75) is 104 Å². The molecule has 208 valence electrons. The Bertz CT molecular complexity index is 831. The average molecular weight is 548 g/mol. The molecule has 0 saturated carbocycles. The third kappa shape index (κ3) is 9.20. The number of hydroxylamine groups is 2. The third-order valence-electron chi connectivity index (χ3n) is 7.10. The molecule has 12 heteroatoms. The molecule has 2 bridgehead atoms. The van der Waals surface area contributed by atoms with E-state index in [0.717, 1.165) is 0 Å². The molecule has 2 atom stereocenters. The molecule has 0 aromatic carbocycles. The van der Waals surface area contributed by atoms with Crippen LogP contribution in [0.2, 0.25) is 0 Å². The van der Waals surface area contributed by atoms with Gasteiger partial charge in [0, 0.05) is 6.54 Å². The Balaban J connectivity index is 0.000000256. The molecular weight excluding hydrogens is 502 g/mol. The van der Waals surface area contributed by atoms with E-state index in [1.807, 2.05) is 0 Å². The largest absolute Gasteiger partial charge is 0.724 e. The van der Waals surface area contributed by atoms with Gasteiger partial charge >= 0.3 is 6.03 Å². The zero-order valence-electron chi connectivity index (χ0n) is 22.4. The van der Waals surface area contributed by atoms with Crippen molar-refractivity contribution in [1.82, 2.24) is 20.2 Å². The van der Waals surface area contributed by atoms with Gasteiger partial charge in [-0.15, -0.1) is 21.5 Å². The Morgan fingerprint density at radius 2 is 1.53 bits per heavy atom. The van der Waals surface area contributed by atoms with E-state index >= 15 is 0 Å². The second kappa shape index (κ2) is 15.2. The van der Waals surface area contributed by atoms with Crippen LogP contribution in [0.1, 0.15) is 103 Å². The molecule has 1 aromatic rings. The maximum atomic E-state index is 12.1. The topological polar surface area (TPSA) is 116 Å². The van der Waals surface area contributed by atoms with Gasteiger partial charge in [-0.1, -0.05) is 53.4 Å². The first kappa shape index (κ1) is 30.9. The summed E-state index contributed by atoms with van der Waals surface area (Å²) in [5, 5.41) is 9.00. The predicted molar refractivity (Wildman–Crippen MR) is 140 cm³/mol. The number of hydrogen-bond acceptors (Lipinski definition) is 8. The molecule has 2 aliphatic rings. The number of hydrogen-bond donors (Lipinski definition) is 0. The average Bonchev–Trinajstić information content (AvgIpc) is 3.47. The van der Waals surface area contributed by atoms with E-state index in [0.29, 0.717) is 29.5 Å². The van der Waals surface area contributed by atoms with E-state index in [2.05, 4.69) is 42.2 Å². The quantitative estimate of drug-likeness (QED) is 0.175. The van der Waals surface area contributed by atoms with Crippen molar-refractivity contribution in [1.29, 1.82) is 0 Å². The lowest BCUT2D eigenvalue weighted by Crippen LogP contribution is -2.50. The fourth-order valence-corrected chi connectivity index (χ4v) is 6.14. The first-order chi connectivity index (χ1) is 17.2. The van der Waals surface area contributed by atoms with Crippen LogP contribution in [0.15, 0.2) is 5.51 Å². The van der Waals surface area contributed by atoms with Gasteiger partial charge in [0.2, 0.25) is 10.4 Å². The minimum Gasteiger partial charge on any atom is -0.724 e. The van der Waals surface area contributed by atoms with Gasteiger partial charge < -0.3 is 13.9 Å². The van der Waals surface area contributed by atoms with Crippen molar-refractivity contribution in [3.8, 4) is 0 Å². The van der Waals surface area contributed by atoms with Gasteiger partial charge in [-0.05, 0) is 38.5 Å². The summed E-state index contributed by atoms with van der Waals surface area (Å²) in [6.07, 6.45) is 12.2. The number of unbranched alkanes of at least 4 members (excludes halogenated alkanes) is 4. The number of piperidine rings is 1. The number of carbonyl (C=O) groups excluding carboxylic acids is 1. The maximum absolute atomic E-state index is 12.1.